The molecule has 0 aliphatic heterocycles. The van der Waals surface area contributed by atoms with Crippen molar-refractivity contribution in [2.45, 2.75) is 13.0 Å². The van der Waals surface area contributed by atoms with E-state index in [0.29, 0.717) is 17.3 Å². The van der Waals surface area contributed by atoms with Gasteiger partial charge in [0.1, 0.15) is 29.1 Å². The molecule has 2 aromatic heterocycles. The largest absolute Gasteiger partial charge is 0.497 e. The summed E-state index contributed by atoms with van der Waals surface area (Å²) in [6.07, 6.45) is 6.50. The van der Waals surface area contributed by atoms with Crippen LogP contribution in [0, 0.1) is 6.92 Å². The number of nitrogens with one attached hydrogen (secondary N) is 1. The molecular formula is C19H21N5O3. The standard InChI is InChI=1S/C19H21N5O3/c1-12-10-22-16(11-21-12)19(25)23-17(18-20-5-6-24(18)2)13-7-14(26-3)9-15(8-13)27-4/h5-11,17H,1-4H3,(H,23,25)/t17-/m1/s1. The Bertz CT molecular complexity index is 915. The van der Waals surface area contributed by atoms with Crippen LogP contribution in [-0.4, -0.2) is 39.6 Å². The molecule has 140 valence electrons. The molecule has 27 heavy (non-hydrogen) atoms. The molecule has 0 aliphatic rings. The van der Waals surface area contributed by atoms with E-state index in [9.17, 15) is 4.79 Å². The fourth-order valence-electron chi connectivity index (χ4n) is 2.66. The number of carbonyl (C=O) groups is 1. The summed E-state index contributed by atoms with van der Waals surface area (Å²) in [5.74, 6) is 1.55. The highest BCUT2D eigenvalue weighted by atomic mass is 16.5. The maximum absolute atomic E-state index is 12.7. The van der Waals surface area contributed by atoms with E-state index in [0.717, 1.165) is 11.3 Å². The van der Waals surface area contributed by atoms with Crippen LogP contribution in [0.15, 0.2) is 43.0 Å². The minimum atomic E-state index is -0.524. The number of hydrogen-bond donors (Lipinski definition) is 1. The highest BCUT2D eigenvalue weighted by molar-refractivity contribution is 5.92. The molecule has 0 saturated carbocycles. The summed E-state index contributed by atoms with van der Waals surface area (Å²) in [4.78, 5) is 25.4. The summed E-state index contributed by atoms with van der Waals surface area (Å²) in [5, 5.41) is 2.98. The Balaban J connectivity index is 2.01. The van der Waals surface area contributed by atoms with Crippen LogP contribution in [0.25, 0.3) is 0 Å². The Hall–Kier alpha value is -3.42. The number of benzene rings is 1. The monoisotopic (exact) mass is 367 g/mol. The summed E-state index contributed by atoms with van der Waals surface area (Å²) in [6.45, 7) is 1.81. The van der Waals surface area contributed by atoms with Crippen LogP contribution in [-0.2, 0) is 7.05 Å². The lowest BCUT2D eigenvalue weighted by atomic mass is 10.0. The first-order valence-electron chi connectivity index (χ1n) is 8.31. The molecule has 0 saturated heterocycles. The van der Waals surface area contributed by atoms with Gasteiger partial charge in [0.05, 0.1) is 26.1 Å². The average molecular weight is 367 g/mol. The smallest absolute Gasteiger partial charge is 0.272 e. The van der Waals surface area contributed by atoms with Gasteiger partial charge in [-0.2, -0.15) is 0 Å². The van der Waals surface area contributed by atoms with Crippen molar-refractivity contribution in [2.75, 3.05) is 14.2 Å². The third-order valence-corrected chi connectivity index (χ3v) is 4.11. The second-order valence-corrected chi connectivity index (χ2v) is 5.99. The van der Waals surface area contributed by atoms with E-state index in [1.807, 2.05) is 36.9 Å². The van der Waals surface area contributed by atoms with E-state index in [1.165, 1.54) is 6.20 Å². The second-order valence-electron chi connectivity index (χ2n) is 5.99. The first kappa shape index (κ1) is 18.4. The SMILES string of the molecule is COc1cc(OC)cc([C@@H](NC(=O)c2cnc(C)cn2)c2nccn2C)c1. The maximum Gasteiger partial charge on any atom is 0.272 e. The molecule has 1 atom stereocenters. The van der Waals surface area contributed by atoms with Crippen LogP contribution < -0.4 is 14.8 Å². The third-order valence-electron chi connectivity index (χ3n) is 4.11. The van der Waals surface area contributed by atoms with Crippen molar-refractivity contribution in [2.24, 2.45) is 7.05 Å². The number of imidazole rings is 1. The lowest BCUT2D eigenvalue weighted by Crippen LogP contribution is -2.31. The highest BCUT2D eigenvalue weighted by Crippen LogP contribution is 2.29. The van der Waals surface area contributed by atoms with E-state index in [-0.39, 0.29) is 11.6 Å². The lowest BCUT2D eigenvalue weighted by molar-refractivity contribution is 0.0935. The molecule has 1 N–H and O–H groups in total. The van der Waals surface area contributed by atoms with E-state index in [4.69, 9.17) is 9.47 Å². The van der Waals surface area contributed by atoms with E-state index < -0.39 is 6.04 Å². The Kier molecular flexibility index (Phi) is 5.35. The summed E-state index contributed by atoms with van der Waals surface area (Å²) < 4.78 is 12.6. The molecular weight excluding hydrogens is 346 g/mol. The Morgan fingerprint density at radius 3 is 2.30 bits per heavy atom. The zero-order valence-corrected chi connectivity index (χ0v) is 15.6. The van der Waals surface area contributed by atoms with Gasteiger partial charge in [-0.15, -0.1) is 0 Å². The minimum absolute atomic E-state index is 0.231. The predicted octanol–water partition coefficient (Wildman–Crippen LogP) is 2.06. The molecule has 8 heteroatoms. The summed E-state index contributed by atoms with van der Waals surface area (Å²) in [7, 11) is 5.02. The van der Waals surface area contributed by atoms with Gasteiger partial charge in [0.15, 0.2) is 0 Å². The van der Waals surface area contributed by atoms with Gasteiger partial charge >= 0.3 is 0 Å². The fraction of sp³-hybridized carbons (Fsp3) is 0.263. The van der Waals surface area contributed by atoms with Gasteiger partial charge in [0, 0.05) is 31.7 Å². The van der Waals surface area contributed by atoms with Gasteiger partial charge in [-0.25, -0.2) is 9.97 Å². The van der Waals surface area contributed by atoms with Crippen molar-refractivity contribution in [1.82, 2.24) is 24.8 Å². The highest BCUT2D eigenvalue weighted by Gasteiger charge is 2.23. The molecule has 0 unspecified atom stereocenters. The quantitative estimate of drug-likeness (QED) is 0.717. The molecule has 0 bridgehead atoms. The van der Waals surface area contributed by atoms with Crippen LogP contribution in [0.4, 0.5) is 0 Å². The average Bonchev–Trinajstić information content (AvgIpc) is 3.11. The molecule has 3 rings (SSSR count). The van der Waals surface area contributed by atoms with Gasteiger partial charge in [0.2, 0.25) is 0 Å². The normalized spacial score (nSPS) is 11.7. The number of amides is 1. The van der Waals surface area contributed by atoms with E-state index >= 15 is 0 Å². The Morgan fingerprint density at radius 1 is 1.07 bits per heavy atom. The molecule has 1 aromatic carbocycles. The fourth-order valence-corrected chi connectivity index (χ4v) is 2.66. The first-order chi connectivity index (χ1) is 13.0. The summed E-state index contributed by atoms with van der Waals surface area (Å²) in [6, 6.07) is 4.92. The topological polar surface area (TPSA) is 91.2 Å². The molecule has 0 fully saturated rings. The number of nitrogens with zero attached hydrogens (tertiary/aromatic N) is 4. The van der Waals surface area contributed by atoms with Crippen molar-refractivity contribution in [3.8, 4) is 11.5 Å². The zero-order valence-electron chi connectivity index (χ0n) is 15.6. The van der Waals surface area contributed by atoms with Gasteiger partial charge in [-0.1, -0.05) is 0 Å². The number of hydrogen-bond acceptors (Lipinski definition) is 6. The minimum Gasteiger partial charge on any atom is -0.497 e. The predicted molar refractivity (Wildman–Crippen MR) is 98.8 cm³/mol. The molecule has 0 aliphatic carbocycles. The van der Waals surface area contributed by atoms with Gasteiger partial charge < -0.3 is 19.4 Å². The second kappa shape index (κ2) is 7.86. The zero-order chi connectivity index (χ0) is 19.4. The van der Waals surface area contributed by atoms with Crippen molar-refractivity contribution >= 4 is 5.91 Å². The van der Waals surface area contributed by atoms with Crippen LogP contribution in [0.3, 0.4) is 0 Å². The first-order valence-corrected chi connectivity index (χ1v) is 8.31. The number of methoxy groups -OCH3 is 2. The molecule has 0 spiro atoms. The van der Waals surface area contributed by atoms with Crippen molar-refractivity contribution in [1.29, 1.82) is 0 Å². The number of rotatable bonds is 6. The number of aromatic nitrogens is 4. The van der Waals surface area contributed by atoms with E-state index in [1.54, 1.807) is 32.7 Å². The van der Waals surface area contributed by atoms with Crippen molar-refractivity contribution < 1.29 is 14.3 Å². The van der Waals surface area contributed by atoms with Gasteiger partial charge in [-0.05, 0) is 24.6 Å². The van der Waals surface area contributed by atoms with Crippen LogP contribution in [0.2, 0.25) is 0 Å². The molecule has 8 nitrogen and oxygen atoms in total. The maximum atomic E-state index is 12.7. The molecule has 2 heterocycles. The molecule has 0 radical (unpaired) electrons. The van der Waals surface area contributed by atoms with Gasteiger partial charge in [-0.3, -0.25) is 9.78 Å². The van der Waals surface area contributed by atoms with Gasteiger partial charge in [0.25, 0.3) is 5.91 Å². The molecule has 1 amide bonds. The van der Waals surface area contributed by atoms with Crippen molar-refractivity contribution in [3.63, 3.8) is 0 Å². The number of ether oxygens (including phenoxy) is 2. The Morgan fingerprint density at radius 2 is 1.78 bits per heavy atom. The lowest BCUT2D eigenvalue weighted by Gasteiger charge is -2.20. The summed E-state index contributed by atoms with van der Waals surface area (Å²) >= 11 is 0. The summed E-state index contributed by atoms with van der Waals surface area (Å²) in [5.41, 5.74) is 1.74. The third kappa shape index (κ3) is 4.05. The number of carbonyl (C=O) groups excluding carboxylic acids is 1. The van der Waals surface area contributed by atoms with Crippen LogP contribution in [0.1, 0.15) is 33.6 Å². The molecule has 3 aromatic rings. The van der Waals surface area contributed by atoms with Crippen LogP contribution in [0.5, 0.6) is 11.5 Å². The number of aryl methyl sites for hydroxylation is 2. The van der Waals surface area contributed by atoms with Crippen molar-refractivity contribution in [3.05, 3.63) is 65.8 Å². The Labute approximate surface area is 157 Å². The van der Waals surface area contributed by atoms with E-state index in [2.05, 4.69) is 20.3 Å². The van der Waals surface area contributed by atoms with Crippen LogP contribution >= 0.6 is 0 Å².